The van der Waals surface area contributed by atoms with Crippen molar-refractivity contribution in [3.05, 3.63) is 70.8 Å². The fraction of sp³-hybridized carbons (Fsp3) is 0.273. The van der Waals surface area contributed by atoms with Gasteiger partial charge in [-0.3, -0.25) is 9.59 Å². The number of amides is 2. The number of hydrogen-bond donors (Lipinski definition) is 1. The minimum absolute atomic E-state index is 0.00529. The predicted octanol–water partition coefficient (Wildman–Crippen LogP) is 2.94. The van der Waals surface area contributed by atoms with Crippen molar-refractivity contribution >= 4 is 26.7 Å². The highest BCUT2D eigenvalue weighted by Gasteiger charge is 2.42. The Balaban J connectivity index is 1.82. The summed E-state index contributed by atoms with van der Waals surface area (Å²) in [5.41, 5.74) is 1.71. The molecule has 7 nitrogen and oxygen atoms in total. The highest BCUT2D eigenvalue weighted by atomic mass is 32.2. The average molecular weight is 429 g/mol. The maximum Gasteiger partial charge on any atom is 0.268 e. The van der Waals surface area contributed by atoms with E-state index in [1.807, 2.05) is 6.92 Å². The fourth-order valence-corrected chi connectivity index (χ4v) is 5.03. The third-order valence-corrected chi connectivity index (χ3v) is 6.80. The van der Waals surface area contributed by atoms with Gasteiger partial charge in [-0.05, 0) is 60.9 Å². The van der Waals surface area contributed by atoms with Gasteiger partial charge in [0.05, 0.1) is 13.7 Å². The second kappa shape index (κ2) is 8.71. The van der Waals surface area contributed by atoms with E-state index >= 15 is 0 Å². The van der Waals surface area contributed by atoms with Crippen LogP contribution in [0, 0.1) is 0 Å². The molecule has 8 heteroatoms. The molecule has 1 heterocycles. The lowest BCUT2D eigenvalue weighted by atomic mass is 10.1. The number of nitrogens with zero attached hydrogens (tertiary/aromatic N) is 1. The van der Waals surface area contributed by atoms with Crippen LogP contribution >= 0.6 is 0 Å². The van der Waals surface area contributed by atoms with Crippen LogP contribution in [0.1, 0.15) is 41.8 Å². The van der Waals surface area contributed by atoms with Crippen molar-refractivity contribution < 1.29 is 22.7 Å². The lowest BCUT2D eigenvalue weighted by Gasteiger charge is -2.17. The fourth-order valence-electron chi connectivity index (χ4n) is 3.23. The molecule has 2 aromatic carbocycles. The number of methoxy groups -OCH3 is 1. The van der Waals surface area contributed by atoms with Gasteiger partial charge in [-0.2, -0.15) is 0 Å². The first-order valence-corrected chi connectivity index (χ1v) is 11.0. The van der Waals surface area contributed by atoms with Crippen molar-refractivity contribution in [2.24, 2.45) is 0 Å². The van der Waals surface area contributed by atoms with Crippen molar-refractivity contribution in [3.63, 3.8) is 0 Å². The average Bonchev–Trinajstić information content (AvgIpc) is 2.91. The maximum absolute atomic E-state index is 13.1. The van der Waals surface area contributed by atoms with Crippen molar-refractivity contribution in [2.75, 3.05) is 13.7 Å². The summed E-state index contributed by atoms with van der Waals surface area (Å²) in [4.78, 5) is 24.7. The van der Waals surface area contributed by atoms with Gasteiger partial charge < -0.3 is 10.1 Å². The van der Waals surface area contributed by atoms with E-state index in [9.17, 15) is 18.0 Å². The van der Waals surface area contributed by atoms with Crippen LogP contribution in [0.4, 0.5) is 0 Å². The van der Waals surface area contributed by atoms with E-state index in [-0.39, 0.29) is 22.9 Å². The van der Waals surface area contributed by atoms with Crippen molar-refractivity contribution in [2.45, 2.75) is 26.8 Å². The smallest absolute Gasteiger partial charge is 0.268 e. The van der Waals surface area contributed by atoms with Gasteiger partial charge in [-0.1, -0.05) is 19.1 Å². The minimum Gasteiger partial charge on any atom is -0.497 e. The number of rotatable bonds is 7. The molecule has 0 spiro atoms. The predicted molar refractivity (Wildman–Crippen MR) is 114 cm³/mol. The van der Waals surface area contributed by atoms with Gasteiger partial charge in [0.2, 0.25) is 0 Å². The molecule has 158 valence electrons. The molecule has 0 aromatic heterocycles. The van der Waals surface area contributed by atoms with E-state index in [1.54, 1.807) is 48.5 Å². The van der Waals surface area contributed by atoms with Crippen LogP contribution in [0.15, 0.2) is 54.1 Å². The molecule has 1 aliphatic rings. The summed E-state index contributed by atoms with van der Waals surface area (Å²) >= 11 is 0. The molecule has 2 aromatic rings. The van der Waals surface area contributed by atoms with Gasteiger partial charge in [0.25, 0.3) is 21.8 Å². The van der Waals surface area contributed by atoms with Crippen molar-refractivity contribution in [1.82, 2.24) is 9.62 Å². The Morgan fingerprint density at radius 1 is 1.07 bits per heavy atom. The van der Waals surface area contributed by atoms with Crippen molar-refractivity contribution in [1.29, 1.82) is 0 Å². The summed E-state index contributed by atoms with van der Waals surface area (Å²) in [6, 6.07) is 13.1. The SMILES string of the molecule is CCCNC(=O)c1ccc(CN2C(=O)C(C)=C(c3ccc(OC)cc3)S2(=O)=O)cc1. The molecule has 0 atom stereocenters. The lowest BCUT2D eigenvalue weighted by Crippen LogP contribution is -2.31. The van der Waals surface area contributed by atoms with E-state index in [4.69, 9.17) is 4.74 Å². The Morgan fingerprint density at radius 2 is 1.70 bits per heavy atom. The number of benzene rings is 2. The molecule has 0 fully saturated rings. The first kappa shape index (κ1) is 21.6. The van der Waals surface area contributed by atoms with Crippen LogP contribution in [0.2, 0.25) is 0 Å². The lowest BCUT2D eigenvalue weighted by molar-refractivity contribution is -0.122. The Morgan fingerprint density at radius 3 is 2.27 bits per heavy atom. The quantitative estimate of drug-likeness (QED) is 0.732. The molecule has 1 aliphatic heterocycles. The molecular weight excluding hydrogens is 404 g/mol. The van der Waals surface area contributed by atoms with Crippen LogP contribution < -0.4 is 10.1 Å². The second-order valence-electron chi connectivity index (χ2n) is 6.95. The van der Waals surface area contributed by atoms with Gasteiger partial charge in [-0.15, -0.1) is 0 Å². The molecule has 0 saturated carbocycles. The summed E-state index contributed by atoms with van der Waals surface area (Å²) in [6.45, 7) is 3.96. The normalized spacial score (nSPS) is 15.4. The van der Waals surface area contributed by atoms with Crippen LogP contribution in [-0.4, -0.2) is 38.2 Å². The maximum atomic E-state index is 13.1. The zero-order chi connectivity index (χ0) is 21.9. The molecule has 0 aliphatic carbocycles. The zero-order valence-electron chi connectivity index (χ0n) is 17.1. The number of hydrogen-bond acceptors (Lipinski definition) is 5. The van der Waals surface area contributed by atoms with E-state index in [0.717, 1.165) is 10.7 Å². The molecule has 3 rings (SSSR count). The van der Waals surface area contributed by atoms with Gasteiger partial charge >= 0.3 is 0 Å². The summed E-state index contributed by atoms with van der Waals surface area (Å²) in [5, 5.41) is 2.78. The van der Waals surface area contributed by atoms with Gasteiger partial charge in [-0.25, -0.2) is 12.7 Å². The highest BCUT2D eigenvalue weighted by Crippen LogP contribution is 2.36. The first-order valence-electron chi connectivity index (χ1n) is 9.59. The van der Waals surface area contributed by atoms with Gasteiger partial charge in [0, 0.05) is 17.7 Å². The van der Waals surface area contributed by atoms with Crippen LogP contribution in [0.5, 0.6) is 5.75 Å². The molecule has 2 amide bonds. The molecule has 0 radical (unpaired) electrons. The Hall–Kier alpha value is -3.13. The Bertz CT molecular complexity index is 1090. The topological polar surface area (TPSA) is 92.8 Å². The van der Waals surface area contributed by atoms with Gasteiger partial charge in [0.1, 0.15) is 10.7 Å². The number of nitrogens with one attached hydrogen (secondary N) is 1. The van der Waals surface area contributed by atoms with E-state index in [1.165, 1.54) is 14.0 Å². The number of carbonyl (C=O) groups is 2. The Labute approximate surface area is 176 Å². The Kier molecular flexibility index (Phi) is 6.26. The van der Waals surface area contributed by atoms with Crippen LogP contribution in [0.3, 0.4) is 0 Å². The number of ether oxygens (including phenoxy) is 1. The van der Waals surface area contributed by atoms with Crippen molar-refractivity contribution in [3.8, 4) is 5.75 Å². The molecule has 30 heavy (non-hydrogen) atoms. The van der Waals surface area contributed by atoms with Crippen LogP contribution in [0.25, 0.3) is 4.91 Å². The third-order valence-electron chi connectivity index (χ3n) is 4.87. The van der Waals surface area contributed by atoms with Crippen LogP contribution in [-0.2, 0) is 21.4 Å². The molecule has 0 saturated heterocycles. The summed E-state index contributed by atoms with van der Waals surface area (Å²) < 4.78 is 32.2. The van der Waals surface area contributed by atoms with E-state index < -0.39 is 15.9 Å². The zero-order valence-corrected chi connectivity index (χ0v) is 18.0. The number of sulfonamides is 1. The third kappa shape index (κ3) is 4.09. The minimum atomic E-state index is -3.99. The largest absolute Gasteiger partial charge is 0.497 e. The van der Waals surface area contributed by atoms with Gasteiger partial charge in [0.15, 0.2) is 0 Å². The summed E-state index contributed by atoms with van der Waals surface area (Å²) in [7, 11) is -2.47. The molecule has 0 unspecified atom stereocenters. The highest BCUT2D eigenvalue weighted by molar-refractivity contribution is 7.99. The van der Waals surface area contributed by atoms with E-state index in [0.29, 0.717) is 29.0 Å². The standard InChI is InChI=1S/C22H24N2O5S/c1-4-13-23-21(25)18-7-5-16(6-8-18)14-24-22(26)15(2)20(30(24,27)28)17-9-11-19(29-3)12-10-17/h5-12H,4,13-14H2,1-3H3,(H,23,25). The number of carbonyl (C=O) groups excluding carboxylic acids is 2. The molecular formula is C22H24N2O5S. The molecule has 0 bridgehead atoms. The first-order chi connectivity index (χ1) is 14.3. The summed E-state index contributed by atoms with van der Waals surface area (Å²) in [5.74, 6) is -0.142. The van der Waals surface area contributed by atoms with E-state index in [2.05, 4.69) is 5.32 Å². The summed E-state index contributed by atoms with van der Waals surface area (Å²) in [6.07, 6.45) is 0.835. The second-order valence-corrected chi connectivity index (χ2v) is 8.75. The molecule has 1 N–H and O–H groups in total. The monoisotopic (exact) mass is 428 g/mol.